The fourth-order valence-electron chi connectivity index (χ4n) is 1.74. The molecule has 0 saturated carbocycles. The lowest BCUT2D eigenvalue weighted by Crippen LogP contribution is -2.36. The number of non-ortho nitro benzene ring substituents is 1. The van der Waals surface area contributed by atoms with Gasteiger partial charge in [0.25, 0.3) is 10.8 Å². The van der Waals surface area contributed by atoms with Crippen LogP contribution in [0.4, 0.5) is 5.69 Å². The van der Waals surface area contributed by atoms with Gasteiger partial charge >= 0.3 is 10.0 Å². The van der Waals surface area contributed by atoms with E-state index in [4.69, 9.17) is 0 Å². The van der Waals surface area contributed by atoms with Crippen LogP contribution in [0.1, 0.15) is 6.92 Å². The van der Waals surface area contributed by atoms with Gasteiger partial charge in [0, 0.05) is 6.07 Å². The third-order valence-electron chi connectivity index (χ3n) is 2.64. The number of nitrogens with one attached hydrogen (secondary N) is 1. The molecule has 112 valence electrons. The Morgan fingerprint density at radius 1 is 1.33 bits per heavy atom. The van der Waals surface area contributed by atoms with E-state index in [-0.39, 0.29) is 15.4 Å². The van der Waals surface area contributed by atoms with E-state index in [2.05, 4.69) is 9.97 Å². The van der Waals surface area contributed by atoms with Crippen molar-refractivity contribution in [1.29, 1.82) is 0 Å². The number of aromatic amines is 1. The standard InChI is InChI=1S/C9H9N5O6S/c1-2-12(14(17)18)21(19,20)9-10-6-4-3-5-7(13(15)16)8(6)11-9/h3-5H,2H2,1H3,(H,10,11). The number of sulfonamides is 1. The van der Waals surface area contributed by atoms with Gasteiger partial charge in [0.2, 0.25) is 0 Å². The fraction of sp³-hybridized carbons (Fsp3) is 0.222. The smallest absolute Gasteiger partial charge is 0.327 e. The number of nitro benzene ring substituents is 1. The molecule has 2 aromatic rings. The van der Waals surface area contributed by atoms with E-state index >= 15 is 0 Å². The SMILES string of the molecule is CCN([N+](=O)[O-])S(=O)(=O)c1nc2c([N+](=O)[O-])cccc2[nH]1. The summed E-state index contributed by atoms with van der Waals surface area (Å²) >= 11 is 0. The van der Waals surface area contributed by atoms with Crippen molar-refractivity contribution in [3.05, 3.63) is 38.4 Å². The first-order chi connectivity index (χ1) is 9.78. The second-order valence-corrected chi connectivity index (χ2v) is 5.61. The molecule has 0 aliphatic carbocycles. The molecule has 0 atom stereocenters. The average Bonchev–Trinajstić information content (AvgIpc) is 2.82. The highest BCUT2D eigenvalue weighted by Gasteiger charge is 2.35. The molecule has 0 bridgehead atoms. The molecule has 1 N–H and O–H groups in total. The molecule has 1 aromatic heterocycles. The molecule has 1 heterocycles. The summed E-state index contributed by atoms with van der Waals surface area (Å²) in [4.78, 5) is 26.9. The molecule has 0 radical (unpaired) electrons. The Morgan fingerprint density at radius 3 is 2.52 bits per heavy atom. The van der Waals surface area contributed by atoms with Crippen LogP contribution in [0.2, 0.25) is 0 Å². The molecule has 0 aliphatic rings. The Balaban J connectivity index is 2.66. The van der Waals surface area contributed by atoms with Crippen molar-refractivity contribution in [2.24, 2.45) is 0 Å². The topological polar surface area (TPSA) is 152 Å². The van der Waals surface area contributed by atoms with Gasteiger partial charge in [-0.15, -0.1) is 0 Å². The highest BCUT2D eigenvalue weighted by Crippen LogP contribution is 2.25. The number of aromatic nitrogens is 2. The summed E-state index contributed by atoms with van der Waals surface area (Å²) in [5, 5.41) is 19.8. The molecule has 12 heteroatoms. The minimum Gasteiger partial charge on any atom is -0.327 e. The van der Waals surface area contributed by atoms with Gasteiger partial charge in [-0.1, -0.05) is 6.07 Å². The highest BCUT2D eigenvalue weighted by molar-refractivity contribution is 7.88. The number of hydrogen-bond donors (Lipinski definition) is 1. The summed E-state index contributed by atoms with van der Waals surface area (Å²) in [6.45, 7) is 0.875. The molecular formula is C9H9N5O6S. The van der Waals surface area contributed by atoms with E-state index in [1.807, 2.05) is 0 Å². The minimum absolute atomic E-state index is 0.00343. The summed E-state index contributed by atoms with van der Waals surface area (Å²) in [6.07, 6.45) is 0. The van der Waals surface area contributed by atoms with Gasteiger partial charge in [-0.3, -0.25) is 10.1 Å². The molecular weight excluding hydrogens is 306 g/mol. The van der Waals surface area contributed by atoms with E-state index in [0.29, 0.717) is 0 Å². The quantitative estimate of drug-likeness (QED) is 0.628. The number of benzene rings is 1. The van der Waals surface area contributed by atoms with Crippen LogP contribution in [0, 0.1) is 20.2 Å². The first-order valence-corrected chi connectivity index (χ1v) is 7.03. The summed E-state index contributed by atoms with van der Waals surface area (Å²) in [6, 6.07) is 3.89. The van der Waals surface area contributed by atoms with Crippen LogP contribution in [-0.4, -0.2) is 39.3 Å². The maximum atomic E-state index is 12.1. The molecule has 0 spiro atoms. The molecule has 2 rings (SSSR count). The number of rotatable bonds is 5. The van der Waals surface area contributed by atoms with Gasteiger partial charge in [-0.25, -0.2) is 15.1 Å². The molecule has 21 heavy (non-hydrogen) atoms. The Bertz CT molecular complexity index is 828. The second kappa shape index (κ2) is 4.97. The number of nitrogens with zero attached hydrogens (tertiary/aromatic N) is 4. The van der Waals surface area contributed by atoms with Crippen LogP contribution in [-0.2, 0) is 10.0 Å². The zero-order chi connectivity index (χ0) is 15.8. The Hall–Kier alpha value is -2.76. The van der Waals surface area contributed by atoms with Gasteiger partial charge in [0.05, 0.1) is 17.0 Å². The maximum absolute atomic E-state index is 12.1. The summed E-state index contributed by atoms with van der Waals surface area (Å²) in [5.74, 6) is 0. The van der Waals surface area contributed by atoms with Crippen molar-refractivity contribution in [3.8, 4) is 0 Å². The zero-order valence-corrected chi connectivity index (χ0v) is 11.4. The number of hydrogen-bond acceptors (Lipinski definition) is 7. The number of fused-ring (bicyclic) bond motifs is 1. The third-order valence-corrected chi connectivity index (χ3v) is 4.27. The van der Waals surface area contributed by atoms with Crippen LogP contribution in [0.25, 0.3) is 11.0 Å². The van der Waals surface area contributed by atoms with Crippen molar-refractivity contribution in [3.63, 3.8) is 0 Å². The lowest BCUT2D eigenvalue weighted by Gasteiger charge is -2.09. The van der Waals surface area contributed by atoms with Crippen molar-refractivity contribution in [2.45, 2.75) is 12.1 Å². The summed E-state index contributed by atoms with van der Waals surface area (Å²) < 4.78 is 24.1. The monoisotopic (exact) mass is 315 g/mol. The van der Waals surface area contributed by atoms with Crippen molar-refractivity contribution >= 4 is 26.7 Å². The van der Waals surface area contributed by atoms with Crippen LogP contribution in [0.15, 0.2) is 23.4 Å². The molecule has 0 saturated heterocycles. The average molecular weight is 315 g/mol. The van der Waals surface area contributed by atoms with Gasteiger partial charge in [0.15, 0.2) is 10.5 Å². The van der Waals surface area contributed by atoms with E-state index in [1.165, 1.54) is 19.1 Å². The van der Waals surface area contributed by atoms with Crippen molar-refractivity contribution in [2.75, 3.05) is 6.54 Å². The van der Waals surface area contributed by atoms with E-state index in [9.17, 15) is 28.6 Å². The van der Waals surface area contributed by atoms with Gasteiger partial charge in [0.1, 0.15) is 0 Å². The van der Waals surface area contributed by atoms with Crippen LogP contribution in [0.5, 0.6) is 0 Å². The molecule has 0 fully saturated rings. The van der Waals surface area contributed by atoms with Crippen molar-refractivity contribution < 1.29 is 18.4 Å². The Kier molecular flexibility index (Phi) is 3.47. The van der Waals surface area contributed by atoms with Crippen molar-refractivity contribution in [1.82, 2.24) is 14.4 Å². The first-order valence-electron chi connectivity index (χ1n) is 5.59. The van der Waals surface area contributed by atoms with Crippen LogP contribution >= 0.6 is 0 Å². The molecule has 1 aromatic carbocycles. The summed E-state index contributed by atoms with van der Waals surface area (Å²) in [5.41, 5.74) is -0.475. The Labute approximate surface area is 117 Å². The second-order valence-electron chi connectivity index (χ2n) is 3.85. The Morgan fingerprint density at radius 2 is 2.00 bits per heavy atom. The molecule has 11 nitrogen and oxygen atoms in total. The lowest BCUT2D eigenvalue weighted by atomic mass is 10.3. The molecule has 0 unspecified atom stereocenters. The lowest BCUT2D eigenvalue weighted by molar-refractivity contribution is -0.619. The van der Waals surface area contributed by atoms with E-state index < -0.39 is 37.4 Å². The number of imidazole rings is 1. The third kappa shape index (κ3) is 2.35. The zero-order valence-electron chi connectivity index (χ0n) is 10.6. The molecule has 0 amide bonds. The minimum atomic E-state index is -4.51. The maximum Gasteiger partial charge on any atom is 0.347 e. The largest absolute Gasteiger partial charge is 0.347 e. The predicted octanol–water partition coefficient (Wildman–Crippen LogP) is 0.673. The highest BCUT2D eigenvalue weighted by atomic mass is 32.2. The van der Waals surface area contributed by atoms with Gasteiger partial charge < -0.3 is 4.98 Å². The summed E-state index contributed by atoms with van der Waals surface area (Å²) in [7, 11) is -4.51. The van der Waals surface area contributed by atoms with Crippen LogP contribution < -0.4 is 0 Å². The number of hydrazine groups is 1. The predicted molar refractivity (Wildman–Crippen MR) is 69.3 cm³/mol. The van der Waals surface area contributed by atoms with Gasteiger partial charge in [-0.2, -0.15) is 8.42 Å². The fourth-order valence-corrected chi connectivity index (χ4v) is 2.90. The number of para-hydroxylation sites is 1. The first kappa shape index (κ1) is 14.6. The van der Waals surface area contributed by atoms with E-state index in [0.717, 1.165) is 6.07 Å². The van der Waals surface area contributed by atoms with E-state index in [1.54, 1.807) is 0 Å². The van der Waals surface area contributed by atoms with Gasteiger partial charge in [-0.05, 0) is 17.4 Å². The number of nitro groups is 2. The van der Waals surface area contributed by atoms with Crippen LogP contribution in [0.3, 0.4) is 0 Å². The molecule has 0 aliphatic heterocycles. The normalized spacial score (nSPS) is 11.5. The number of H-pyrrole nitrogens is 1.